The maximum Gasteiger partial charge on any atom is 0.161 e. The number of hydrogen-bond acceptors (Lipinski definition) is 4. The van der Waals surface area contributed by atoms with E-state index in [0.717, 1.165) is 0 Å². The van der Waals surface area contributed by atoms with Crippen LogP contribution in [0.25, 0.3) is 0 Å². The molecule has 4 nitrogen and oxygen atoms in total. The highest BCUT2D eigenvalue weighted by molar-refractivity contribution is 9.10. The molecular formula is C12H13BrFN3O. The van der Waals surface area contributed by atoms with Crippen molar-refractivity contribution in [1.82, 2.24) is 0 Å². The number of ether oxygens (including phenoxy) is 1. The quantitative estimate of drug-likeness (QED) is 0.901. The number of morpholine rings is 1. The van der Waals surface area contributed by atoms with Gasteiger partial charge in [0.15, 0.2) is 5.82 Å². The topological polar surface area (TPSA) is 62.3 Å². The van der Waals surface area contributed by atoms with E-state index in [4.69, 9.17) is 15.7 Å². The van der Waals surface area contributed by atoms with Crippen molar-refractivity contribution >= 4 is 21.6 Å². The van der Waals surface area contributed by atoms with Crippen LogP contribution in [0.2, 0.25) is 0 Å². The van der Waals surface area contributed by atoms with Crippen LogP contribution in [-0.4, -0.2) is 32.3 Å². The average Bonchev–Trinajstić information content (AvgIpc) is 2.42. The predicted octanol–water partition coefficient (Wildman–Crippen LogP) is 1.62. The van der Waals surface area contributed by atoms with Gasteiger partial charge in [0.25, 0.3) is 0 Å². The van der Waals surface area contributed by atoms with Gasteiger partial charge in [0.2, 0.25) is 0 Å². The maximum absolute atomic E-state index is 14.2. The van der Waals surface area contributed by atoms with Crippen LogP contribution in [-0.2, 0) is 4.74 Å². The third kappa shape index (κ3) is 2.48. The van der Waals surface area contributed by atoms with Crippen molar-refractivity contribution in [3.8, 4) is 6.07 Å². The summed E-state index contributed by atoms with van der Waals surface area (Å²) in [4.78, 5) is 1.89. The summed E-state index contributed by atoms with van der Waals surface area (Å²) in [7, 11) is 0. The molecule has 0 amide bonds. The second-order valence-electron chi connectivity index (χ2n) is 4.05. The van der Waals surface area contributed by atoms with Gasteiger partial charge in [-0.15, -0.1) is 0 Å². The lowest BCUT2D eigenvalue weighted by Gasteiger charge is -2.34. The molecule has 0 aromatic heterocycles. The lowest BCUT2D eigenvalue weighted by molar-refractivity contribution is 0.0463. The lowest BCUT2D eigenvalue weighted by atomic mass is 10.1. The molecule has 2 rings (SSSR count). The first-order valence-electron chi connectivity index (χ1n) is 5.62. The third-order valence-corrected chi connectivity index (χ3v) is 3.70. The Kier molecular flexibility index (Phi) is 4.17. The van der Waals surface area contributed by atoms with Crippen molar-refractivity contribution < 1.29 is 9.13 Å². The Labute approximate surface area is 113 Å². The normalized spacial score (nSPS) is 19.7. The fourth-order valence-electron chi connectivity index (χ4n) is 1.95. The van der Waals surface area contributed by atoms with E-state index in [1.807, 2.05) is 11.0 Å². The Morgan fingerprint density at radius 1 is 1.61 bits per heavy atom. The van der Waals surface area contributed by atoms with Crippen LogP contribution < -0.4 is 10.6 Å². The van der Waals surface area contributed by atoms with E-state index in [2.05, 4.69) is 15.9 Å². The molecule has 18 heavy (non-hydrogen) atoms. The molecule has 6 heteroatoms. The number of hydrogen-bond donors (Lipinski definition) is 1. The van der Waals surface area contributed by atoms with Gasteiger partial charge in [-0.2, -0.15) is 5.26 Å². The smallest absolute Gasteiger partial charge is 0.161 e. The molecular weight excluding hydrogens is 301 g/mol. The molecule has 0 saturated carbocycles. The molecule has 1 unspecified atom stereocenters. The fraction of sp³-hybridized carbons (Fsp3) is 0.417. The van der Waals surface area contributed by atoms with Gasteiger partial charge in [-0.3, -0.25) is 0 Å². The second kappa shape index (κ2) is 5.65. The number of rotatable bonds is 2. The molecule has 1 aliphatic rings. The van der Waals surface area contributed by atoms with Crippen molar-refractivity contribution in [3.05, 3.63) is 28.0 Å². The van der Waals surface area contributed by atoms with Crippen LogP contribution in [0.3, 0.4) is 0 Å². The summed E-state index contributed by atoms with van der Waals surface area (Å²) in [5, 5.41) is 8.83. The first-order chi connectivity index (χ1) is 8.67. The molecule has 1 saturated heterocycles. The highest BCUT2D eigenvalue weighted by Gasteiger charge is 2.23. The first-order valence-corrected chi connectivity index (χ1v) is 6.41. The molecule has 0 radical (unpaired) electrons. The van der Waals surface area contributed by atoms with Crippen molar-refractivity contribution in [2.24, 2.45) is 5.73 Å². The standard InChI is InChI=1S/C12H13BrFN3O/c13-11-8(5-15)1-2-10(12(11)14)17-3-4-18-9(6-16)7-17/h1-2,9H,3-4,6-7,16H2. The van der Waals surface area contributed by atoms with E-state index in [1.54, 1.807) is 12.1 Å². The van der Waals surface area contributed by atoms with E-state index < -0.39 is 5.82 Å². The first kappa shape index (κ1) is 13.3. The fourth-order valence-corrected chi connectivity index (χ4v) is 2.37. The SMILES string of the molecule is N#Cc1ccc(N2CCOC(CN)C2)c(F)c1Br. The molecule has 2 N–H and O–H groups in total. The summed E-state index contributed by atoms with van der Waals surface area (Å²) >= 11 is 3.11. The van der Waals surface area contributed by atoms with Gasteiger partial charge >= 0.3 is 0 Å². The zero-order valence-corrected chi connectivity index (χ0v) is 11.3. The summed E-state index contributed by atoms with van der Waals surface area (Å²) in [6.45, 7) is 2.12. The third-order valence-electron chi connectivity index (χ3n) is 2.92. The summed E-state index contributed by atoms with van der Waals surface area (Å²) < 4.78 is 19.8. The molecule has 1 aromatic rings. The van der Waals surface area contributed by atoms with Crippen LogP contribution in [0.15, 0.2) is 16.6 Å². The van der Waals surface area contributed by atoms with Gasteiger partial charge in [0, 0.05) is 19.6 Å². The lowest BCUT2D eigenvalue weighted by Crippen LogP contribution is -2.46. The molecule has 1 aromatic carbocycles. The second-order valence-corrected chi connectivity index (χ2v) is 4.84. The molecule has 0 aliphatic carbocycles. The van der Waals surface area contributed by atoms with Gasteiger partial charge in [0.1, 0.15) is 6.07 Å². The Bertz CT molecular complexity index is 489. The Hall–Kier alpha value is -1.16. The van der Waals surface area contributed by atoms with Gasteiger partial charge in [-0.1, -0.05) is 0 Å². The minimum absolute atomic E-state index is 0.0763. The van der Waals surface area contributed by atoms with Gasteiger partial charge in [0.05, 0.1) is 28.4 Å². The van der Waals surface area contributed by atoms with E-state index in [0.29, 0.717) is 37.5 Å². The Balaban J connectivity index is 2.29. The number of nitrogens with zero attached hydrogens (tertiary/aromatic N) is 2. The summed E-state index contributed by atoms with van der Waals surface area (Å²) in [6.07, 6.45) is -0.0763. The van der Waals surface area contributed by atoms with Crippen LogP contribution in [0.1, 0.15) is 5.56 Å². The van der Waals surface area contributed by atoms with Gasteiger partial charge in [-0.25, -0.2) is 4.39 Å². The monoisotopic (exact) mass is 313 g/mol. The van der Waals surface area contributed by atoms with Crippen LogP contribution in [0.4, 0.5) is 10.1 Å². The van der Waals surface area contributed by atoms with Crippen LogP contribution in [0, 0.1) is 17.1 Å². The highest BCUT2D eigenvalue weighted by atomic mass is 79.9. The van der Waals surface area contributed by atoms with Crippen molar-refractivity contribution in [2.45, 2.75) is 6.10 Å². The van der Waals surface area contributed by atoms with Crippen molar-refractivity contribution in [1.29, 1.82) is 5.26 Å². The molecule has 1 atom stereocenters. The number of benzene rings is 1. The summed E-state index contributed by atoms with van der Waals surface area (Å²) in [5.41, 5.74) is 6.33. The molecule has 0 bridgehead atoms. The Morgan fingerprint density at radius 3 is 3.06 bits per heavy atom. The number of nitrogens with two attached hydrogens (primary N) is 1. The van der Waals surface area contributed by atoms with E-state index in [-0.39, 0.29) is 10.6 Å². The predicted molar refractivity (Wildman–Crippen MR) is 69.8 cm³/mol. The zero-order valence-electron chi connectivity index (χ0n) is 9.70. The summed E-state index contributed by atoms with van der Waals surface area (Å²) in [6, 6.07) is 5.17. The summed E-state index contributed by atoms with van der Waals surface area (Å²) in [5.74, 6) is -0.410. The molecule has 96 valence electrons. The minimum atomic E-state index is -0.410. The number of halogens is 2. The van der Waals surface area contributed by atoms with E-state index >= 15 is 0 Å². The van der Waals surface area contributed by atoms with Crippen molar-refractivity contribution in [3.63, 3.8) is 0 Å². The number of anilines is 1. The Morgan fingerprint density at radius 2 is 2.39 bits per heavy atom. The maximum atomic E-state index is 14.2. The van der Waals surface area contributed by atoms with Gasteiger partial charge < -0.3 is 15.4 Å². The molecule has 1 aliphatic heterocycles. The largest absolute Gasteiger partial charge is 0.373 e. The van der Waals surface area contributed by atoms with Crippen LogP contribution >= 0.6 is 15.9 Å². The zero-order chi connectivity index (χ0) is 13.1. The minimum Gasteiger partial charge on any atom is -0.373 e. The average molecular weight is 314 g/mol. The number of nitriles is 1. The molecule has 1 heterocycles. The van der Waals surface area contributed by atoms with Crippen molar-refractivity contribution in [2.75, 3.05) is 31.1 Å². The highest BCUT2D eigenvalue weighted by Crippen LogP contribution is 2.30. The van der Waals surface area contributed by atoms with Gasteiger partial charge in [-0.05, 0) is 28.1 Å². The van der Waals surface area contributed by atoms with Crippen LogP contribution in [0.5, 0.6) is 0 Å². The molecule has 0 spiro atoms. The van der Waals surface area contributed by atoms with E-state index in [1.165, 1.54) is 0 Å². The van der Waals surface area contributed by atoms with E-state index in [9.17, 15) is 4.39 Å². The molecule has 1 fully saturated rings.